The molecule has 0 amide bonds. The molecule has 0 radical (unpaired) electrons. The maximum absolute atomic E-state index is 10.2. The van der Waals surface area contributed by atoms with Crippen LogP contribution in [0, 0.1) is 0 Å². The molecule has 0 unspecified atom stereocenters. The van der Waals surface area contributed by atoms with E-state index in [1.807, 2.05) is 13.1 Å². The number of hydrogen-bond donors (Lipinski definition) is 3. The summed E-state index contributed by atoms with van der Waals surface area (Å²) in [7, 11) is 1.87. The Bertz CT molecular complexity index is 348. The first kappa shape index (κ1) is 11.2. The van der Waals surface area contributed by atoms with Crippen LogP contribution in [0.25, 0.3) is 0 Å². The Hall–Kier alpha value is -1.29. The number of nitrogens with zero attached hydrogens (tertiary/aromatic N) is 1. The SMILES string of the molecule is CNc1cncc(NCC2(O)CCCC2)c1. The standard InChI is InChI=1S/C12H19N3O/c1-13-10-6-11(8-14-7-10)15-9-12(16)4-2-3-5-12/h6-8,13,15-16H,2-5,9H2,1H3. The number of aliphatic hydroxyl groups is 1. The molecular weight excluding hydrogens is 202 g/mol. The average molecular weight is 221 g/mol. The summed E-state index contributed by atoms with van der Waals surface area (Å²) in [6.07, 6.45) is 7.62. The second-order valence-electron chi connectivity index (χ2n) is 4.50. The Balaban J connectivity index is 1.93. The highest BCUT2D eigenvalue weighted by atomic mass is 16.3. The molecule has 1 aromatic heterocycles. The highest BCUT2D eigenvalue weighted by Gasteiger charge is 2.30. The molecule has 88 valence electrons. The zero-order valence-electron chi connectivity index (χ0n) is 9.66. The molecule has 4 heteroatoms. The molecule has 0 aromatic carbocycles. The third-order valence-corrected chi connectivity index (χ3v) is 3.18. The Labute approximate surface area is 96.1 Å². The fraction of sp³-hybridized carbons (Fsp3) is 0.583. The van der Waals surface area contributed by atoms with Crippen molar-refractivity contribution in [2.75, 3.05) is 24.2 Å². The van der Waals surface area contributed by atoms with Gasteiger partial charge in [-0.1, -0.05) is 12.8 Å². The van der Waals surface area contributed by atoms with E-state index in [4.69, 9.17) is 0 Å². The summed E-state index contributed by atoms with van der Waals surface area (Å²) < 4.78 is 0. The molecule has 0 aliphatic heterocycles. The van der Waals surface area contributed by atoms with Crippen LogP contribution in [0.15, 0.2) is 18.5 Å². The molecule has 1 aliphatic carbocycles. The Morgan fingerprint density at radius 3 is 2.69 bits per heavy atom. The lowest BCUT2D eigenvalue weighted by atomic mass is 10.0. The maximum atomic E-state index is 10.2. The smallest absolute Gasteiger partial charge is 0.0819 e. The van der Waals surface area contributed by atoms with Gasteiger partial charge in [-0.25, -0.2) is 0 Å². The topological polar surface area (TPSA) is 57.2 Å². The first-order chi connectivity index (χ1) is 7.72. The largest absolute Gasteiger partial charge is 0.388 e. The van der Waals surface area contributed by atoms with Crippen molar-refractivity contribution in [2.24, 2.45) is 0 Å². The molecule has 0 saturated heterocycles. The number of pyridine rings is 1. The normalized spacial score (nSPS) is 18.4. The minimum atomic E-state index is -0.518. The lowest BCUT2D eigenvalue weighted by molar-refractivity contribution is 0.0615. The van der Waals surface area contributed by atoms with Gasteiger partial charge in [0.1, 0.15) is 0 Å². The predicted molar refractivity (Wildman–Crippen MR) is 65.7 cm³/mol. The number of rotatable bonds is 4. The lowest BCUT2D eigenvalue weighted by Gasteiger charge is -2.23. The van der Waals surface area contributed by atoms with Gasteiger partial charge in [0.2, 0.25) is 0 Å². The fourth-order valence-corrected chi connectivity index (χ4v) is 2.15. The van der Waals surface area contributed by atoms with E-state index in [0.717, 1.165) is 37.1 Å². The van der Waals surface area contributed by atoms with Gasteiger partial charge in [-0.2, -0.15) is 0 Å². The molecule has 1 saturated carbocycles. The zero-order chi connectivity index (χ0) is 11.4. The molecule has 3 N–H and O–H groups in total. The van der Waals surface area contributed by atoms with Gasteiger partial charge in [0, 0.05) is 13.6 Å². The molecule has 1 aromatic rings. The van der Waals surface area contributed by atoms with Crippen LogP contribution in [0.3, 0.4) is 0 Å². The van der Waals surface area contributed by atoms with E-state index in [0.29, 0.717) is 6.54 Å². The molecule has 2 rings (SSSR count). The van der Waals surface area contributed by atoms with Crippen LogP contribution in [0.1, 0.15) is 25.7 Å². The third kappa shape index (κ3) is 2.64. The van der Waals surface area contributed by atoms with Gasteiger partial charge in [-0.05, 0) is 18.9 Å². The predicted octanol–water partition coefficient (Wildman–Crippen LogP) is 1.84. The van der Waals surface area contributed by atoms with E-state index in [2.05, 4.69) is 15.6 Å². The summed E-state index contributed by atoms with van der Waals surface area (Å²) in [6, 6.07) is 1.99. The molecule has 16 heavy (non-hydrogen) atoms. The third-order valence-electron chi connectivity index (χ3n) is 3.18. The van der Waals surface area contributed by atoms with Crippen molar-refractivity contribution in [3.05, 3.63) is 18.5 Å². The molecular formula is C12H19N3O. The van der Waals surface area contributed by atoms with Crippen LogP contribution in [0.5, 0.6) is 0 Å². The van der Waals surface area contributed by atoms with Gasteiger partial charge in [-0.15, -0.1) is 0 Å². The summed E-state index contributed by atoms with van der Waals surface area (Å²) >= 11 is 0. The molecule has 1 aliphatic rings. The van der Waals surface area contributed by atoms with Gasteiger partial charge >= 0.3 is 0 Å². The van der Waals surface area contributed by atoms with E-state index in [1.54, 1.807) is 12.4 Å². The lowest BCUT2D eigenvalue weighted by Crippen LogP contribution is -2.33. The second kappa shape index (κ2) is 4.70. The van der Waals surface area contributed by atoms with Gasteiger partial charge < -0.3 is 15.7 Å². The van der Waals surface area contributed by atoms with Crippen molar-refractivity contribution in [1.82, 2.24) is 4.98 Å². The minimum absolute atomic E-state index is 0.518. The number of aromatic nitrogens is 1. The highest BCUT2D eigenvalue weighted by molar-refractivity contribution is 5.53. The fourth-order valence-electron chi connectivity index (χ4n) is 2.15. The van der Waals surface area contributed by atoms with Crippen LogP contribution < -0.4 is 10.6 Å². The van der Waals surface area contributed by atoms with Crippen molar-refractivity contribution in [3.8, 4) is 0 Å². The second-order valence-corrected chi connectivity index (χ2v) is 4.50. The Morgan fingerprint density at radius 1 is 1.31 bits per heavy atom. The van der Waals surface area contributed by atoms with E-state index in [-0.39, 0.29) is 0 Å². The van der Waals surface area contributed by atoms with Crippen LogP contribution in [-0.2, 0) is 0 Å². The van der Waals surface area contributed by atoms with Crippen molar-refractivity contribution in [1.29, 1.82) is 0 Å². The summed E-state index contributed by atoms with van der Waals surface area (Å²) in [4.78, 5) is 4.12. The van der Waals surface area contributed by atoms with Gasteiger partial charge in [0.15, 0.2) is 0 Å². The van der Waals surface area contributed by atoms with Crippen LogP contribution in [0.2, 0.25) is 0 Å². The van der Waals surface area contributed by atoms with Gasteiger partial charge in [-0.3, -0.25) is 4.98 Å². The summed E-state index contributed by atoms with van der Waals surface area (Å²) in [5.41, 5.74) is 1.41. The molecule has 1 fully saturated rings. The summed E-state index contributed by atoms with van der Waals surface area (Å²) in [5.74, 6) is 0. The summed E-state index contributed by atoms with van der Waals surface area (Å²) in [5, 5.41) is 16.5. The van der Waals surface area contributed by atoms with E-state index in [1.165, 1.54) is 0 Å². The van der Waals surface area contributed by atoms with Crippen molar-refractivity contribution >= 4 is 11.4 Å². The zero-order valence-corrected chi connectivity index (χ0v) is 9.66. The highest BCUT2D eigenvalue weighted by Crippen LogP contribution is 2.29. The molecule has 0 spiro atoms. The van der Waals surface area contributed by atoms with Crippen molar-refractivity contribution in [2.45, 2.75) is 31.3 Å². The van der Waals surface area contributed by atoms with Crippen LogP contribution in [-0.4, -0.2) is 29.3 Å². The number of nitrogens with one attached hydrogen (secondary N) is 2. The van der Waals surface area contributed by atoms with E-state index >= 15 is 0 Å². The average Bonchev–Trinajstić information content (AvgIpc) is 2.75. The van der Waals surface area contributed by atoms with E-state index in [9.17, 15) is 5.11 Å². The summed E-state index contributed by atoms with van der Waals surface area (Å²) in [6.45, 7) is 0.613. The van der Waals surface area contributed by atoms with E-state index < -0.39 is 5.60 Å². The maximum Gasteiger partial charge on any atom is 0.0819 e. The Kier molecular flexibility index (Phi) is 3.29. The van der Waals surface area contributed by atoms with Crippen LogP contribution in [0.4, 0.5) is 11.4 Å². The Morgan fingerprint density at radius 2 is 2.00 bits per heavy atom. The first-order valence-corrected chi connectivity index (χ1v) is 5.81. The quantitative estimate of drug-likeness (QED) is 0.726. The molecule has 1 heterocycles. The van der Waals surface area contributed by atoms with Crippen LogP contribution >= 0.6 is 0 Å². The number of anilines is 2. The monoisotopic (exact) mass is 221 g/mol. The van der Waals surface area contributed by atoms with Crippen molar-refractivity contribution < 1.29 is 5.11 Å². The molecule has 0 atom stereocenters. The molecule has 0 bridgehead atoms. The van der Waals surface area contributed by atoms with Gasteiger partial charge in [0.05, 0.1) is 29.4 Å². The molecule has 4 nitrogen and oxygen atoms in total. The van der Waals surface area contributed by atoms with Crippen molar-refractivity contribution in [3.63, 3.8) is 0 Å². The number of hydrogen-bond acceptors (Lipinski definition) is 4. The first-order valence-electron chi connectivity index (χ1n) is 5.81. The van der Waals surface area contributed by atoms with Gasteiger partial charge in [0.25, 0.3) is 0 Å². The minimum Gasteiger partial charge on any atom is -0.388 e.